The Labute approximate surface area is 174 Å². The molecular formula is C23H24N2O3S. The van der Waals surface area contributed by atoms with Crippen LogP contribution in [0.3, 0.4) is 0 Å². The van der Waals surface area contributed by atoms with Gasteiger partial charge >= 0.3 is 0 Å². The lowest BCUT2D eigenvalue weighted by Gasteiger charge is -2.13. The molecule has 0 radical (unpaired) electrons. The Morgan fingerprint density at radius 3 is 2.48 bits per heavy atom. The van der Waals surface area contributed by atoms with E-state index in [2.05, 4.69) is 10.6 Å². The summed E-state index contributed by atoms with van der Waals surface area (Å²) in [5.41, 5.74) is 3.15. The third-order valence-corrected chi connectivity index (χ3v) is 5.13. The highest BCUT2D eigenvalue weighted by atomic mass is 32.1. The zero-order valence-corrected chi connectivity index (χ0v) is 17.3. The molecule has 1 heterocycles. The van der Waals surface area contributed by atoms with Crippen LogP contribution < -0.4 is 10.6 Å². The third-order valence-electron chi connectivity index (χ3n) is 4.26. The van der Waals surface area contributed by atoms with Crippen molar-refractivity contribution in [1.82, 2.24) is 5.32 Å². The molecule has 2 aromatic carbocycles. The number of amides is 2. The van der Waals surface area contributed by atoms with Crippen molar-refractivity contribution in [1.29, 1.82) is 0 Å². The van der Waals surface area contributed by atoms with Crippen LogP contribution in [0.25, 0.3) is 0 Å². The van der Waals surface area contributed by atoms with Crippen LogP contribution in [-0.4, -0.2) is 17.9 Å². The van der Waals surface area contributed by atoms with E-state index < -0.39 is 0 Å². The van der Waals surface area contributed by atoms with Crippen molar-refractivity contribution < 1.29 is 14.3 Å². The van der Waals surface area contributed by atoms with Gasteiger partial charge in [0.1, 0.15) is 0 Å². The average molecular weight is 409 g/mol. The van der Waals surface area contributed by atoms with Gasteiger partial charge in [-0.25, -0.2) is 0 Å². The molecule has 29 heavy (non-hydrogen) atoms. The van der Waals surface area contributed by atoms with E-state index in [9.17, 15) is 9.59 Å². The summed E-state index contributed by atoms with van der Waals surface area (Å²) in [5, 5.41) is 7.62. The number of ether oxygens (including phenoxy) is 1. The van der Waals surface area contributed by atoms with Crippen LogP contribution in [0.15, 0.2) is 66.0 Å². The van der Waals surface area contributed by atoms with Gasteiger partial charge in [0.2, 0.25) is 0 Å². The van der Waals surface area contributed by atoms with E-state index in [1.165, 1.54) is 11.3 Å². The molecule has 0 saturated carbocycles. The minimum Gasteiger partial charge on any atom is -0.374 e. The number of hydrogen-bond donors (Lipinski definition) is 2. The Kier molecular flexibility index (Phi) is 7.16. The van der Waals surface area contributed by atoms with Crippen LogP contribution in [0.1, 0.15) is 45.0 Å². The molecule has 0 bridgehead atoms. The second kappa shape index (κ2) is 10.0. The molecule has 5 nitrogen and oxygen atoms in total. The molecule has 1 aromatic heterocycles. The minimum atomic E-state index is -0.197. The van der Waals surface area contributed by atoms with E-state index in [0.717, 1.165) is 11.1 Å². The molecule has 0 spiro atoms. The standard InChI is InChI=1S/C23H24N2O3S/c1-16(2)28-15-19-8-4-3-7-18(19)14-24-22(26)17-9-5-10-20(13-17)25-23(27)21-11-6-12-29-21/h3-13,16H,14-15H2,1-2H3,(H,24,26)(H,25,27). The zero-order chi connectivity index (χ0) is 20.6. The fourth-order valence-electron chi connectivity index (χ4n) is 2.74. The summed E-state index contributed by atoms with van der Waals surface area (Å²) in [7, 11) is 0. The van der Waals surface area contributed by atoms with E-state index in [1.807, 2.05) is 49.6 Å². The van der Waals surface area contributed by atoms with Gasteiger partial charge in [0.25, 0.3) is 11.8 Å². The first-order valence-corrected chi connectivity index (χ1v) is 10.3. The molecule has 6 heteroatoms. The summed E-state index contributed by atoms with van der Waals surface area (Å²) in [4.78, 5) is 25.4. The predicted molar refractivity (Wildman–Crippen MR) is 116 cm³/mol. The molecule has 3 aromatic rings. The van der Waals surface area contributed by atoms with Gasteiger partial charge in [-0.15, -0.1) is 11.3 Å². The van der Waals surface area contributed by atoms with Gasteiger partial charge in [0.15, 0.2) is 0 Å². The molecule has 0 saturated heterocycles. The maximum Gasteiger partial charge on any atom is 0.265 e. The van der Waals surface area contributed by atoms with Crippen molar-refractivity contribution >= 4 is 28.8 Å². The van der Waals surface area contributed by atoms with E-state index in [1.54, 1.807) is 30.3 Å². The number of thiophene rings is 1. The van der Waals surface area contributed by atoms with Crippen molar-refractivity contribution in [2.24, 2.45) is 0 Å². The smallest absolute Gasteiger partial charge is 0.265 e. The predicted octanol–water partition coefficient (Wildman–Crippen LogP) is 4.86. The fourth-order valence-corrected chi connectivity index (χ4v) is 3.36. The number of benzene rings is 2. The van der Waals surface area contributed by atoms with Crippen molar-refractivity contribution in [3.8, 4) is 0 Å². The Bertz CT molecular complexity index is 968. The summed E-state index contributed by atoms with van der Waals surface area (Å²) in [6, 6.07) is 18.4. The maximum absolute atomic E-state index is 12.6. The lowest BCUT2D eigenvalue weighted by atomic mass is 10.1. The largest absolute Gasteiger partial charge is 0.374 e. The Morgan fingerprint density at radius 1 is 0.966 bits per heavy atom. The van der Waals surface area contributed by atoms with Gasteiger partial charge in [-0.2, -0.15) is 0 Å². The Balaban J connectivity index is 1.62. The molecule has 2 amide bonds. The molecule has 0 atom stereocenters. The molecule has 150 valence electrons. The first kappa shape index (κ1) is 20.8. The lowest BCUT2D eigenvalue weighted by molar-refractivity contribution is 0.0651. The van der Waals surface area contributed by atoms with E-state index >= 15 is 0 Å². The zero-order valence-electron chi connectivity index (χ0n) is 16.5. The van der Waals surface area contributed by atoms with Crippen LogP contribution in [0.2, 0.25) is 0 Å². The SMILES string of the molecule is CC(C)OCc1ccccc1CNC(=O)c1cccc(NC(=O)c2cccs2)c1. The second-order valence-electron chi connectivity index (χ2n) is 6.82. The van der Waals surface area contributed by atoms with Crippen molar-refractivity contribution in [2.75, 3.05) is 5.32 Å². The highest BCUT2D eigenvalue weighted by Crippen LogP contribution is 2.16. The van der Waals surface area contributed by atoms with Crippen LogP contribution >= 0.6 is 11.3 Å². The monoisotopic (exact) mass is 408 g/mol. The minimum absolute atomic E-state index is 0.143. The molecule has 0 aliphatic heterocycles. The molecule has 0 aliphatic rings. The van der Waals surface area contributed by atoms with Crippen LogP contribution in [0.5, 0.6) is 0 Å². The van der Waals surface area contributed by atoms with Crippen LogP contribution in [0, 0.1) is 0 Å². The van der Waals surface area contributed by atoms with Crippen LogP contribution in [0.4, 0.5) is 5.69 Å². The lowest BCUT2D eigenvalue weighted by Crippen LogP contribution is -2.23. The van der Waals surface area contributed by atoms with Crippen molar-refractivity contribution in [3.63, 3.8) is 0 Å². The summed E-state index contributed by atoms with van der Waals surface area (Å²) in [6.07, 6.45) is 0.143. The van der Waals surface area contributed by atoms with Crippen LogP contribution in [-0.2, 0) is 17.9 Å². The van der Waals surface area contributed by atoms with E-state index in [0.29, 0.717) is 29.3 Å². The highest BCUT2D eigenvalue weighted by molar-refractivity contribution is 7.12. The molecule has 3 rings (SSSR count). The summed E-state index contributed by atoms with van der Waals surface area (Å²) in [6.45, 7) is 4.90. The van der Waals surface area contributed by atoms with Gasteiger partial charge in [0, 0.05) is 17.8 Å². The van der Waals surface area contributed by atoms with Gasteiger partial charge in [0.05, 0.1) is 17.6 Å². The molecular weight excluding hydrogens is 384 g/mol. The molecule has 0 aliphatic carbocycles. The fraction of sp³-hybridized carbons (Fsp3) is 0.217. The number of hydrogen-bond acceptors (Lipinski definition) is 4. The summed E-state index contributed by atoms with van der Waals surface area (Å²) >= 11 is 1.37. The van der Waals surface area contributed by atoms with E-state index in [-0.39, 0.29) is 17.9 Å². The first-order valence-electron chi connectivity index (χ1n) is 9.44. The Morgan fingerprint density at radius 2 is 1.76 bits per heavy atom. The summed E-state index contributed by atoms with van der Waals surface area (Å²) < 4.78 is 5.69. The van der Waals surface area contributed by atoms with Gasteiger partial charge < -0.3 is 15.4 Å². The molecule has 0 unspecified atom stereocenters. The maximum atomic E-state index is 12.6. The van der Waals surface area contributed by atoms with Crippen molar-refractivity contribution in [3.05, 3.63) is 87.6 Å². The normalized spacial score (nSPS) is 10.7. The Hall–Kier alpha value is -2.96. The van der Waals surface area contributed by atoms with Gasteiger partial charge in [-0.1, -0.05) is 36.4 Å². The van der Waals surface area contributed by atoms with Crippen molar-refractivity contribution in [2.45, 2.75) is 33.1 Å². The third kappa shape index (κ3) is 6.01. The quantitative estimate of drug-likeness (QED) is 0.560. The average Bonchev–Trinajstić information content (AvgIpc) is 3.26. The first-order chi connectivity index (χ1) is 14.0. The topological polar surface area (TPSA) is 67.4 Å². The van der Waals surface area contributed by atoms with Gasteiger partial charge in [-0.05, 0) is 54.6 Å². The highest BCUT2D eigenvalue weighted by Gasteiger charge is 2.11. The van der Waals surface area contributed by atoms with Gasteiger partial charge in [-0.3, -0.25) is 9.59 Å². The second-order valence-corrected chi connectivity index (χ2v) is 7.77. The number of nitrogens with one attached hydrogen (secondary N) is 2. The number of rotatable bonds is 8. The van der Waals surface area contributed by atoms with E-state index in [4.69, 9.17) is 4.74 Å². The summed E-state index contributed by atoms with van der Waals surface area (Å²) in [5.74, 6) is -0.381. The number of carbonyl (C=O) groups excluding carboxylic acids is 2. The molecule has 2 N–H and O–H groups in total. The molecule has 0 fully saturated rings. The number of carbonyl (C=O) groups is 2. The number of anilines is 1.